The fourth-order valence-corrected chi connectivity index (χ4v) is 2.43. The highest BCUT2D eigenvalue weighted by Crippen LogP contribution is 2.14. The van der Waals surface area contributed by atoms with Crippen molar-refractivity contribution in [2.24, 2.45) is 0 Å². The highest BCUT2D eigenvalue weighted by Gasteiger charge is 2.23. The first kappa shape index (κ1) is 16.5. The summed E-state index contributed by atoms with van der Waals surface area (Å²) in [6.45, 7) is 0.333. The standard InChI is InChI=1S/C20H18N2O3/c23-19(17-9-5-2-6-10-17)22-18(16-7-3-1-4-8-16)20(24)21-13-15-11-12-25-14-15/h1-12,14,18H,13H2,(H,21,24)(H,22,23). The van der Waals surface area contributed by atoms with Crippen molar-refractivity contribution in [3.8, 4) is 0 Å². The number of hydrogen-bond acceptors (Lipinski definition) is 3. The lowest BCUT2D eigenvalue weighted by Crippen LogP contribution is -2.40. The Morgan fingerprint density at radius 1 is 0.920 bits per heavy atom. The Kier molecular flexibility index (Phi) is 5.26. The normalized spacial score (nSPS) is 11.5. The zero-order valence-corrected chi connectivity index (χ0v) is 13.5. The average Bonchev–Trinajstić information content (AvgIpc) is 3.19. The summed E-state index contributed by atoms with van der Waals surface area (Å²) >= 11 is 0. The summed E-state index contributed by atoms with van der Waals surface area (Å²) in [5.41, 5.74) is 2.08. The van der Waals surface area contributed by atoms with Gasteiger partial charge in [-0.1, -0.05) is 48.5 Å². The van der Waals surface area contributed by atoms with E-state index in [1.165, 1.54) is 0 Å². The van der Waals surface area contributed by atoms with E-state index in [0.717, 1.165) is 11.1 Å². The highest BCUT2D eigenvalue weighted by molar-refractivity contribution is 5.97. The molecule has 0 aliphatic rings. The lowest BCUT2D eigenvalue weighted by atomic mass is 10.1. The molecule has 1 atom stereocenters. The van der Waals surface area contributed by atoms with Gasteiger partial charge in [0.05, 0.1) is 12.5 Å². The number of carbonyl (C=O) groups excluding carboxylic acids is 2. The van der Waals surface area contributed by atoms with Crippen LogP contribution in [-0.2, 0) is 11.3 Å². The van der Waals surface area contributed by atoms with Crippen molar-refractivity contribution in [1.82, 2.24) is 10.6 Å². The molecule has 25 heavy (non-hydrogen) atoms. The number of nitrogens with one attached hydrogen (secondary N) is 2. The Bertz CT molecular complexity index is 815. The van der Waals surface area contributed by atoms with Gasteiger partial charge in [0.25, 0.3) is 5.91 Å². The molecule has 0 spiro atoms. The van der Waals surface area contributed by atoms with Gasteiger partial charge in [-0.2, -0.15) is 0 Å². The van der Waals surface area contributed by atoms with Gasteiger partial charge in [-0.15, -0.1) is 0 Å². The molecule has 1 heterocycles. The van der Waals surface area contributed by atoms with Crippen LogP contribution in [0.5, 0.6) is 0 Å². The number of amides is 2. The second kappa shape index (κ2) is 7.97. The molecule has 0 aliphatic carbocycles. The molecular weight excluding hydrogens is 316 g/mol. The third-order valence-electron chi connectivity index (χ3n) is 3.75. The van der Waals surface area contributed by atoms with Crippen LogP contribution in [0.3, 0.4) is 0 Å². The molecule has 2 N–H and O–H groups in total. The van der Waals surface area contributed by atoms with Crippen molar-refractivity contribution in [2.75, 3.05) is 0 Å². The van der Waals surface area contributed by atoms with E-state index in [1.807, 2.05) is 36.4 Å². The van der Waals surface area contributed by atoms with E-state index in [2.05, 4.69) is 10.6 Å². The third-order valence-corrected chi connectivity index (χ3v) is 3.75. The van der Waals surface area contributed by atoms with Gasteiger partial charge in [-0.3, -0.25) is 9.59 Å². The molecule has 0 fully saturated rings. The molecule has 1 aromatic heterocycles. The summed E-state index contributed by atoms with van der Waals surface area (Å²) in [6.07, 6.45) is 3.12. The zero-order chi connectivity index (χ0) is 17.5. The minimum absolute atomic E-state index is 0.281. The van der Waals surface area contributed by atoms with Crippen LogP contribution in [0.4, 0.5) is 0 Å². The summed E-state index contributed by atoms with van der Waals surface area (Å²) in [7, 11) is 0. The van der Waals surface area contributed by atoms with Gasteiger partial charge in [-0.05, 0) is 23.8 Å². The first-order valence-electron chi connectivity index (χ1n) is 7.93. The predicted molar refractivity (Wildman–Crippen MR) is 93.6 cm³/mol. The molecule has 126 valence electrons. The van der Waals surface area contributed by atoms with Crippen LogP contribution in [0.2, 0.25) is 0 Å². The van der Waals surface area contributed by atoms with Crippen LogP contribution >= 0.6 is 0 Å². The number of hydrogen-bond donors (Lipinski definition) is 2. The second-order valence-electron chi connectivity index (χ2n) is 5.53. The summed E-state index contributed by atoms with van der Waals surface area (Å²) in [4.78, 5) is 25.1. The van der Waals surface area contributed by atoms with E-state index in [0.29, 0.717) is 12.1 Å². The van der Waals surface area contributed by atoms with Gasteiger partial charge in [-0.25, -0.2) is 0 Å². The van der Waals surface area contributed by atoms with Gasteiger partial charge in [0.15, 0.2) is 0 Å². The molecule has 0 saturated heterocycles. The molecule has 5 nitrogen and oxygen atoms in total. The summed E-state index contributed by atoms with van der Waals surface area (Å²) in [5.74, 6) is -0.579. The monoisotopic (exact) mass is 334 g/mol. The molecule has 1 unspecified atom stereocenters. The van der Waals surface area contributed by atoms with Crippen molar-refractivity contribution < 1.29 is 14.0 Å². The Morgan fingerprint density at radius 2 is 1.60 bits per heavy atom. The first-order chi connectivity index (χ1) is 12.2. The molecule has 2 aromatic carbocycles. The van der Waals surface area contributed by atoms with Crippen molar-refractivity contribution >= 4 is 11.8 Å². The summed E-state index contributed by atoms with van der Waals surface area (Å²) in [5, 5.41) is 5.63. The molecular formula is C20H18N2O3. The van der Waals surface area contributed by atoms with E-state index in [-0.39, 0.29) is 11.8 Å². The molecule has 0 aliphatic heterocycles. The van der Waals surface area contributed by atoms with Crippen LogP contribution < -0.4 is 10.6 Å². The van der Waals surface area contributed by atoms with Crippen molar-refractivity contribution in [1.29, 1.82) is 0 Å². The predicted octanol–water partition coefficient (Wildman–Crippen LogP) is 3.07. The average molecular weight is 334 g/mol. The minimum atomic E-state index is -0.777. The lowest BCUT2D eigenvalue weighted by molar-refractivity contribution is -0.123. The van der Waals surface area contributed by atoms with Crippen LogP contribution in [0.15, 0.2) is 83.7 Å². The molecule has 0 bridgehead atoms. The van der Waals surface area contributed by atoms with Gasteiger partial charge in [0, 0.05) is 17.7 Å². The van der Waals surface area contributed by atoms with E-state index in [9.17, 15) is 9.59 Å². The highest BCUT2D eigenvalue weighted by atomic mass is 16.3. The zero-order valence-electron chi connectivity index (χ0n) is 13.5. The van der Waals surface area contributed by atoms with E-state index < -0.39 is 6.04 Å². The summed E-state index contributed by atoms with van der Waals surface area (Å²) < 4.78 is 4.99. The molecule has 3 rings (SSSR count). The molecule has 5 heteroatoms. The molecule has 0 saturated carbocycles. The van der Waals surface area contributed by atoms with Gasteiger partial charge >= 0.3 is 0 Å². The molecule has 0 radical (unpaired) electrons. The SMILES string of the molecule is O=C(NC(C(=O)NCc1ccoc1)c1ccccc1)c1ccccc1. The van der Waals surface area contributed by atoms with E-state index in [1.54, 1.807) is 42.9 Å². The van der Waals surface area contributed by atoms with Crippen LogP contribution in [0.25, 0.3) is 0 Å². The van der Waals surface area contributed by atoms with Crippen molar-refractivity contribution in [2.45, 2.75) is 12.6 Å². The fourth-order valence-electron chi connectivity index (χ4n) is 2.43. The molecule has 3 aromatic rings. The van der Waals surface area contributed by atoms with Gasteiger partial charge < -0.3 is 15.1 Å². The first-order valence-corrected chi connectivity index (χ1v) is 7.93. The minimum Gasteiger partial charge on any atom is -0.472 e. The fraction of sp³-hybridized carbons (Fsp3) is 0.100. The number of rotatable bonds is 6. The number of benzene rings is 2. The quantitative estimate of drug-likeness (QED) is 0.728. The van der Waals surface area contributed by atoms with Gasteiger partial charge in [0.2, 0.25) is 5.91 Å². The van der Waals surface area contributed by atoms with Crippen molar-refractivity contribution in [3.63, 3.8) is 0 Å². The largest absolute Gasteiger partial charge is 0.472 e. The Hall–Kier alpha value is -3.34. The van der Waals surface area contributed by atoms with E-state index in [4.69, 9.17) is 4.42 Å². The van der Waals surface area contributed by atoms with E-state index >= 15 is 0 Å². The van der Waals surface area contributed by atoms with Crippen LogP contribution in [-0.4, -0.2) is 11.8 Å². The second-order valence-corrected chi connectivity index (χ2v) is 5.53. The maximum Gasteiger partial charge on any atom is 0.252 e. The topological polar surface area (TPSA) is 71.3 Å². The Labute approximate surface area is 145 Å². The Morgan fingerprint density at radius 3 is 2.24 bits per heavy atom. The number of carbonyl (C=O) groups is 2. The van der Waals surface area contributed by atoms with Crippen molar-refractivity contribution in [3.05, 3.63) is 95.9 Å². The van der Waals surface area contributed by atoms with Crippen LogP contribution in [0.1, 0.15) is 27.5 Å². The lowest BCUT2D eigenvalue weighted by Gasteiger charge is -2.19. The van der Waals surface area contributed by atoms with Gasteiger partial charge in [0.1, 0.15) is 6.04 Å². The maximum atomic E-state index is 12.6. The summed E-state index contributed by atoms with van der Waals surface area (Å²) in [6, 6.07) is 19.0. The van der Waals surface area contributed by atoms with Crippen LogP contribution in [0, 0.1) is 0 Å². The molecule has 2 amide bonds. The maximum absolute atomic E-state index is 12.6. The third kappa shape index (κ3) is 4.35. The smallest absolute Gasteiger partial charge is 0.252 e. The Balaban J connectivity index is 1.75. The number of furan rings is 1.